The number of nitrogens with zero attached hydrogens (tertiary/aromatic N) is 1. The predicted molar refractivity (Wildman–Crippen MR) is 72.2 cm³/mol. The van der Waals surface area contributed by atoms with Crippen LogP contribution in [0, 0.1) is 5.92 Å². The monoisotopic (exact) mass is 248 g/mol. The van der Waals surface area contributed by atoms with Crippen molar-refractivity contribution >= 4 is 0 Å². The summed E-state index contributed by atoms with van der Waals surface area (Å²) >= 11 is 0. The lowest BCUT2D eigenvalue weighted by molar-refractivity contribution is 0.190. The lowest BCUT2D eigenvalue weighted by Crippen LogP contribution is -2.31. The summed E-state index contributed by atoms with van der Waals surface area (Å²) in [6.07, 6.45) is 7.36. The van der Waals surface area contributed by atoms with Crippen LogP contribution in [0.3, 0.4) is 0 Å². The molecule has 1 N–H and O–H groups in total. The summed E-state index contributed by atoms with van der Waals surface area (Å²) in [4.78, 5) is 2.61. The Labute approximate surface area is 110 Å². The number of likely N-dealkylation sites (tertiary alicyclic amines) is 1. The number of fused-ring (bicyclic) bond motifs is 2. The van der Waals surface area contributed by atoms with Crippen molar-refractivity contribution in [3.63, 3.8) is 0 Å². The van der Waals surface area contributed by atoms with E-state index in [1.54, 1.807) is 0 Å². The van der Waals surface area contributed by atoms with E-state index in [1.165, 1.54) is 37.8 Å². The zero-order valence-corrected chi connectivity index (χ0v) is 11.3. The van der Waals surface area contributed by atoms with E-state index in [9.17, 15) is 0 Å². The molecule has 2 fully saturated rings. The van der Waals surface area contributed by atoms with Crippen LogP contribution in [0.2, 0.25) is 0 Å². The molecule has 3 nitrogen and oxygen atoms in total. The molecular formula is C15H24N2O. The van der Waals surface area contributed by atoms with E-state index in [0.717, 1.165) is 37.4 Å². The second-order valence-corrected chi connectivity index (χ2v) is 5.86. The van der Waals surface area contributed by atoms with E-state index in [0.29, 0.717) is 0 Å². The fraction of sp³-hybridized carbons (Fsp3) is 0.733. The fourth-order valence-corrected chi connectivity index (χ4v) is 3.43. The average molecular weight is 248 g/mol. The maximum atomic E-state index is 5.68. The second kappa shape index (κ2) is 5.45. The van der Waals surface area contributed by atoms with E-state index in [-0.39, 0.29) is 0 Å². The third-order valence-corrected chi connectivity index (χ3v) is 4.35. The smallest absolute Gasteiger partial charge is 0.118 e. The standard InChI is InChI=1S/C15H24N2O/c1-2-5-16-8-13-7-15(18-11-13)10-17-9-12-3-4-14(17)6-12/h7,11-12,14,16H,2-6,8-10H2,1H3. The Bertz CT molecular complexity index is 388. The van der Waals surface area contributed by atoms with Gasteiger partial charge in [-0.05, 0) is 44.2 Å². The van der Waals surface area contributed by atoms with Crippen molar-refractivity contribution in [2.75, 3.05) is 13.1 Å². The first-order chi connectivity index (χ1) is 8.85. The molecule has 3 rings (SSSR count). The Balaban J connectivity index is 1.51. The molecule has 1 aliphatic carbocycles. The summed E-state index contributed by atoms with van der Waals surface area (Å²) < 4.78 is 5.68. The Morgan fingerprint density at radius 1 is 1.44 bits per heavy atom. The first kappa shape index (κ1) is 12.2. The van der Waals surface area contributed by atoms with Gasteiger partial charge < -0.3 is 9.73 Å². The molecule has 0 amide bonds. The van der Waals surface area contributed by atoms with Crippen molar-refractivity contribution in [2.45, 2.75) is 51.7 Å². The lowest BCUT2D eigenvalue weighted by Gasteiger charge is -2.25. The average Bonchev–Trinajstić information content (AvgIpc) is 3.06. The van der Waals surface area contributed by atoms with E-state index in [1.807, 2.05) is 6.26 Å². The van der Waals surface area contributed by atoms with E-state index >= 15 is 0 Å². The van der Waals surface area contributed by atoms with Gasteiger partial charge in [0.1, 0.15) is 5.76 Å². The van der Waals surface area contributed by atoms with Crippen LogP contribution in [0.15, 0.2) is 16.7 Å². The molecule has 0 aromatic carbocycles. The minimum atomic E-state index is 0.835. The minimum absolute atomic E-state index is 0.835. The molecular weight excluding hydrogens is 224 g/mol. The van der Waals surface area contributed by atoms with Crippen LogP contribution < -0.4 is 5.32 Å². The number of hydrogen-bond acceptors (Lipinski definition) is 3. The highest BCUT2D eigenvalue weighted by Gasteiger charge is 2.37. The van der Waals surface area contributed by atoms with Crippen molar-refractivity contribution in [1.29, 1.82) is 0 Å². The summed E-state index contributed by atoms with van der Waals surface area (Å²) in [6.45, 7) is 6.50. The number of rotatable bonds is 6. The van der Waals surface area contributed by atoms with E-state index in [4.69, 9.17) is 4.42 Å². The molecule has 2 unspecified atom stereocenters. The molecule has 100 valence electrons. The summed E-state index contributed by atoms with van der Waals surface area (Å²) in [5.74, 6) is 2.10. The zero-order chi connectivity index (χ0) is 12.4. The highest BCUT2D eigenvalue weighted by atomic mass is 16.3. The van der Waals surface area contributed by atoms with Crippen LogP contribution in [-0.4, -0.2) is 24.0 Å². The summed E-state index contributed by atoms with van der Waals surface area (Å²) in [5.41, 5.74) is 1.28. The van der Waals surface area contributed by atoms with Crippen LogP contribution in [0.1, 0.15) is 43.9 Å². The van der Waals surface area contributed by atoms with Gasteiger partial charge in [0.2, 0.25) is 0 Å². The van der Waals surface area contributed by atoms with Gasteiger partial charge in [-0.25, -0.2) is 0 Å². The first-order valence-corrected chi connectivity index (χ1v) is 7.36. The molecule has 0 spiro atoms. The molecule has 0 radical (unpaired) electrons. The maximum absolute atomic E-state index is 5.68. The number of hydrogen-bond donors (Lipinski definition) is 1. The van der Waals surface area contributed by atoms with Gasteiger partial charge in [-0.2, -0.15) is 0 Å². The number of piperidine rings is 1. The topological polar surface area (TPSA) is 28.4 Å². The first-order valence-electron chi connectivity index (χ1n) is 7.36. The van der Waals surface area contributed by atoms with Crippen molar-refractivity contribution in [1.82, 2.24) is 10.2 Å². The summed E-state index contributed by atoms with van der Waals surface area (Å²) in [7, 11) is 0. The molecule has 1 saturated carbocycles. The molecule has 1 aromatic heterocycles. The fourth-order valence-electron chi connectivity index (χ4n) is 3.43. The van der Waals surface area contributed by atoms with Crippen LogP contribution in [0.25, 0.3) is 0 Å². The van der Waals surface area contributed by atoms with Gasteiger partial charge in [0.25, 0.3) is 0 Å². The Hall–Kier alpha value is -0.800. The summed E-state index contributed by atoms with van der Waals surface area (Å²) in [5, 5.41) is 3.41. The molecule has 1 saturated heterocycles. The van der Waals surface area contributed by atoms with Crippen LogP contribution >= 0.6 is 0 Å². The highest BCUT2D eigenvalue weighted by Crippen LogP contribution is 2.38. The number of furan rings is 1. The van der Waals surface area contributed by atoms with E-state index < -0.39 is 0 Å². The quantitative estimate of drug-likeness (QED) is 0.785. The van der Waals surface area contributed by atoms with Crippen LogP contribution in [-0.2, 0) is 13.1 Å². The third-order valence-electron chi connectivity index (χ3n) is 4.35. The van der Waals surface area contributed by atoms with Gasteiger partial charge in [0.15, 0.2) is 0 Å². The van der Waals surface area contributed by atoms with Gasteiger partial charge in [-0.1, -0.05) is 6.92 Å². The maximum Gasteiger partial charge on any atom is 0.118 e. The van der Waals surface area contributed by atoms with Crippen molar-refractivity contribution in [2.24, 2.45) is 5.92 Å². The van der Waals surface area contributed by atoms with Crippen molar-refractivity contribution in [3.8, 4) is 0 Å². The summed E-state index contributed by atoms with van der Waals surface area (Å²) in [6, 6.07) is 3.05. The van der Waals surface area contributed by atoms with Crippen molar-refractivity contribution in [3.05, 3.63) is 23.7 Å². The molecule has 2 atom stereocenters. The van der Waals surface area contributed by atoms with Crippen LogP contribution in [0.5, 0.6) is 0 Å². The van der Waals surface area contributed by atoms with Gasteiger partial charge in [0.05, 0.1) is 12.8 Å². The SMILES string of the molecule is CCCNCc1coc(CN2CC3CCC2C3)c1. The predicted octanol–water partition coefficient (Wildman–Crippen LogP) is 2.76. The molecule has 2 heterocycles. The van der Waals surface area contributed by atoms with Gasteiger partial charge in [-0.15, -0.1) is 0 Å². The third kappa shape index (κ3) is 2.62. The van der Waals surface area contributed by atoms with Crippen LogP contribution in [0.4, 0.5) is 0 Å². The second-order valence-electron chi connectivity index (χ2n) is 5.86. The zero-order valence-electron chi connectivity index (χ0n) is 11.3. The Morgan fingerprint density at radius 2 is 2.39 bits per heavy atom. The molecule has 2 aliphatic rings. The number of nitrogens with one attached hydrogen (secondary N) is 1. The molecule has 1 aliphatic heterocycles. The molecule has 2 bridgehead atoms. The normalized spacial score (nSPS) is 27.2. The minimum Gasteiger partial charge on any atom is -0.468 e. The van der Waals surface area contributed by atoms with Gasteiger partial charge in [-0.3, -0.25) is 4.90 Å². The van der Waals surface area contributed by atoms with Gasteiger partial charge >= 0.3 is 0 Å². The van der Waals surface area contributed by atoms with Gasteiger partial charge in [0, 0.05) is 24.7 Å². The van der Waals surface area contributed by atoms with E-state index in [2.05, 4.69) is 23.2 Å². The Kier molecular flexibility index (Phi) is 3.71. The van der Waals surface area contributed by atoms with Crippen molar-refractivity contribution < 1.29 is 4.42 Å². The Morgan fingerprint density at radius 3 is 3.11 bits per heavy atom. The lowest BCUT2D eigenvalue weighted by atomic mass is 10.1. The molecule has 1 aromatic rings. The molecule has 3 heteroatoms. The molecule has 18 heavy (non-hydrogen) atoms. The highest BCUT2D eigenvalue weighted by molar-refractivity contribution is 5.13. The largest absolute Gasteiger partial charge is 0.468 e.